The molecule has 0 amide bonds. The second-order valence-corrected chi connectivity index (χ2v) is 5.67. The van der Waals surface area contributed by atoms with E-state index in [-0.39, 0.29) is 11.6 Å². The maximum Gasteiger partial charge on any atom is 0.336 e. The molecule has 0 saturated carbocycles. The van der Waals surface area contributed by atoms with E-state index in [1.165, 1.54) is 6.26 Å². The molecule has 3 heterocycles. The Morgan fingerprint density at radius 1 is 1.46 bits per heavy atom. The van der Waals surface area contributed by atoms with Crippen LogP contribution in [0.15, 0.2) is 23.0 Å². The highest BCUT2D eigenvalue weighted by atomic mass is 16.5. The Bertz CT molecular complexity index is 923. The molecule has 3 aromatic rings. The van der Waals surface area contributed by atoms with Gasteiger partial charge in [-0.25, -0.2) is 14.5 Å². The summed E-state index contributed by atoms with van der Waals surface area (Å²) in [5.41, 5.74) is 2.90. The number of carbonyl (C=O) groups is 1. The fourth-order valence-electron chi connectivity index (χ4n) is 2.43. The van der Waals surface area contributed by atoms with Crippen LogP contribution in [0.1, 0.15) is 53.6 Å². The van der Waals surface area contributed by atoms with Crippen LogP contribution in [0.2, 0.25) is 0 Å². The number of carboxylic acids is 1. The lowest BCUT2D eigenvalue weighted by molar-refractivity contribution is 0.0699. The maximum absolute atomic E-state index is 11.6. The molecule has 0 saturated heterocycles. The number of aromatic carboxylic acids is 1. The minimum absolute atomic E-state index is 0.135. The predicted octanol–water partition coefficient (Wildman–Crippen LogP) is 3.57. The molecule has 3 aromatic heterocycles. The molecule has 0 aliphatic rings. The predicted molar refractivity (Wildman–Crippen MR) is 89.7 cm³/mol. The van der Waals surface area contributed by atoms with Crippen LogP contribution in [0.25, 0.3) is 23.2 Å². The molecule has 0 aliphatic carbocycles. The zero-order chi connectivity index (χ0) is 17.3. The first kappa shape index (κ1) is 15.9. The van der Waals surface area contributed by atoms with E-state index in [4.69, 9.17) is 4.52 Å². The summed E-state index contributed by atoms with van der Waals surface area (Å²) in [6.07, 6.45) is 7.53. The number of aromatic nitrogens is 4. The van der Waals surface area contributed by atoms with Crippen molar-refractivity contribution >= 4 is 29.2 Å². The number of aryl methyl sites for hydroxylation is 1. The third-order valence-electron chi connectivity index (χ3n) is 4.05. The van der Waals surface area contributed by atoms with Crippen molar-refractivity contribution in [1.29, 1.82) is 0 Å². The minimum Gasteiger partial charge on any atom is -0.478 e. The summed E-state index contributed by atoms with van der Waals surface area (Å²) in [7, 11) is 0. The molecule has 0 aromatic carbocycles. The van der Waals surface area contributed by atoms with Crippen molar-refractivity contribution in [2.45, 2.75) is 33.2 Å². The topological polar surface area (TPSA) is 94.0 Å². The Morgan fingerprint density at radius 2 is 2.25 bits per heavy atom. The summed E-state index contributed by atoms with van der Waals surface area (Å²) in [6, 6.07) is 1.68. The van der Waals surface area contributed by atoms with Gasteiger partial charge in [-0.3, -0.25) is 0 Å². The van der Waals surface area contributed by atoms with Gasteiger partial charge in [-0.15, -0.1) is 0 Å². The average Bonchev–Trinajstić information content (AvgIpc) is 3.17. The third kappa shape index (κ3) is 2.80. The SMILES string of the molecule is CCC(C)n1ncc2c(C(=O)O)cc(C=Cc3conc3C)nc21. The molecule has 124 valence electrons. The molecular weight excluding hydrogens is 308 g/mol. The van der Waals surface area contributed by atoms with Crippen molar-refractivity contribution in [3.05, 3.63) is 41.0 Å². The van der Waals surface area contributed by atoms with E-state index >= 15 is 0 Å². The van der Waals surface area contributed by atoms with E-state index in [1.54, 1.807) is 29.1 Å². The van der Waals surface area contributed by atoms with Crippen LogP contribution >= 0.6 is 0 Å². The molecule has 0 spiro atoms. The van der Waals surface area contributed by atoms with Gasteiger partial charge in [-0.2, -0.15) is 5.10 Å². The normalized spacial score (nSPS) is 13.0. The Balaban J connectivity index is 2.13. The van der Waals surface area contributed by atoms with Crippen LogP contribution in [0.4, 0.5) is 0 Å². The molecule has 7 heteroatoms. The second-order valence-electron chi connectivity index (χ2n) is 5.67. The van der Waals surface area contributed by atoms with E-state index in [1.807, 2.05) is 13.8 Å². The highest BCUT2D eigenvalue weighted by Gasteiger charge is 2.17. The smallest absolute Gasteiger partial charge is 0.336 e. The fraction of sp³-hybridized carbons (Fsp3) is 0.294. The van der Waals surface area contributed by atoms with Crippen LogP contribution in [-0.2, 0) is 0 Å². The summed E-state index contributed by atoms with van der Waals surface area (Å²) < 4.78 is 6.66. The average molecular weight is 326 g/mol. The molecule has 0 radical (unpaired) electrons. The van der Waals surface area contributed by atoms with Gasteiger partial charge in [0.15, 0.2) is 5.65 Å². The maximum atomic E-state index is 11.6. The van der Waals surface area contributed by atoms with Gasteiger partial charge in [-0.1, -0.05) is 12.1 Å². The van der Waals surface area contributed by atoms with Gasteiger partial charge in [0.1, 0.15) is 6.26 Å². The van der Waals surface area contributed by atoms with Crippen LogP contribution < -0.4 is 0 Å². The quantitative estimate of drug-likeness (QED) is 0.770. The second kappa shape index (κ2) is 6.27. The lowest BCUT2D eigenvalue weighted by atomic mass is 10.1. The monoisotopic (exact) mass is 326 g/mol. The van der Waals surface area contributed by atoms with Gasteiger partial charge in [-0.05, 0) is 38.5 Å². The Hall–Kier alpha value is -2.96. The number of hydrogen-bond acceptors (Lipinski definition) is 5. The van der Waals surface area contributed by atoms with Crippen LogP contribution in [0.5, 0.6) is 0 Å². The molecule has 1 N–H and O–H groups in total. The van der Waals surface area contributed by atoms with Gasteiger partial charge >= 0.3 is 5.97 Å². The first-order valence-corrected chi connectivity index (χ1v) is 7.71. The zero-order valence-corrected chi connectivity index (χ0v) is 13.7. The molecule has 1 unspecified atom stereocenters. The summed E-state index contributed by atoms with van der Waals surface area (Å²) in [5.74, 6) is -0.998. The molecule has 24 heavy (non-hydrogen) atoms. The van der Waals surface area contributed by atoms with Crippen LogP contribution in [0, 0.1) is 6.92 Å². The number of pyridine rings is 1. The lowest BCUT2D eigenvalue weighted by Gasteiger charge is -2.10. The van der Waals surface area contributed by atoms with E-state index in [0.717, 1.165) is 17.7 Å². The van der Waals surface area contributed by atoms with Crippen LogP contribution in [-0.4, -0.2) is 31.0 Å². The molecule has 0 bridgehead atoms. The van der Waals surface area contributed by atoms with Crippen molar-refractivity contribution < 1.29 is 14.4 Å². The minimum atomic E-state index is -0.998. The highest BCUT2D eigenvalue weighted by molar-refractivity contribution is 6.02. The first-order valence-electron chi connectivity index (χ1n) is 7.71. The van der Waals surface area contributed by atoms with Gasteiger partial charge in [0, 0.05) is 5.56 Å². The number of rotatable bonds is 5. The molecule has 7 nitrogen and oxygen atoms in total. The zero-order valence-electron chi connectivity index (χ0n) is 13.7. The molecule has 3 rings (SSSR count). The molecule has 0 fully saturated rings. The van der Waals surface area contributed by atoms with Gasteiger partial charge < -0.3 is 9.63 Å². The van der Waals surface area contributed by atoms with E-state index in [2.05, 4.69) is 22.2 Å². The van der Waals surface area contributed by atoms with Crippen molar-refractivity contribution in [2.75, 3.05) is 0 Å². The van der Waals surface area contributed by atoms with Crippen LogP contribution in [0.3, 0.4) is 0 Å². The van der Waals surface area contributed by atoms with Crippen molar-refractivity contribution in [2.24, 2.45) is 0 Å². The fourth-order valence-corrected chi connectivity index (χ4v) is 2.43. The van der Waals surface area contributed by atoms with Crippen molar-refractivity contribution in [1.82, 2.24) is 19.9 Å². The number of fused-ring (bicyclic) bond motifs is 1. The first-order chi connectivity index (χ1) is 11.5. The Kier molecular flexibility index (Phi) is 4.16. The largest absolute Gasteiger partial charge is 0.478 e. The Morgan fingerprint density at radius 3 is 2.88 bits per heavy atom. The number of carboxylic acid groups (broad SMARTS) is 1. The summed E-state index contributed by atoms with van der Waals surface area (Å²) >= 11 is 0. The number of hydrogen-bond donors (Lipinski definition) is 1. The number of nitrogens with zero attached hydrogens (tertiary/aromatic N) is 4. The summed E-state index contributed by atoms with van der Waals surface area (Å²) in [4.78, 5) is 16.2. The Labute approximate surface area is 138 Å². The summed E-state index contributed by atoms with van der Waals surface area (Å²) in [6.45, 7) is 5.91. The van der Waals surface area contributed by atoms with E-state index < -0.39 is 5.97 Å². The molecule has 0 aliphatic heterocycles. The highest BCUT2D eigenvalue weighted by Crippen LogP contribution is 2.23. The van der Waals surface area contributed by atoms with Gasteiger partial charge in [0.25, 0.3) is 0 Å². The third-order valence-corrected chi connectivity index (χ3v) is 4.05. The summed E-state index contributed by atoms with van der Waals surface area (Å²) in [5, 5.41) is 18.2. The van der Waals surface area contributed by atoms with Crippen molar-refractivity contribution in [3.63, 3.8) is 0 Å². The van der Waals surface area contributed by atoms with Crippen molar-refractivity contribution in [3.8, 4) is 0 Å². The molecular formula is C17H18N4O3. The standard InChI is InChI=1S/C17H18N4O3/c1-4-10(2)21-16-15(8-18-21)14(17(22)23)7-13(19-16)6-5-12-9-24-20-11(12)3/h5-10H,4H2,1-3H3,(H,22,23). The lowest BCUT2D eigenvalue weighted by Crippen LogP contribution is -2.07. The van der Waals surface area contributed by atoms with Gasteiger partial charge in [0.2, 0.25) is 0 Å². The molecule has 1 atom stereocenters. The van der Waals surface area contributed by atoms with Gasteiger partial charge in [0.05, 0.1) is 34.6 Å². The van der Waals surface area contributed by atoms with E-state index in [9.17, 15) is 9.90 Å². The van der Waals surface area contributed by atoms with E-state index in [0.29, 0.717) is 16.7 Å².